The number of rotatable bonds is 5. The van der Waals surface area contributed by atoms with Crippen molar-refractivity contribution < 1.29 is 23.1 Å². The van der Waals surface area contributed by atoms with Crippen LogP contribution in [0.4, 0.5) is 20.6 Å². The van der Waals surface area contributed by atoms with E-state index in [1.165, 1.54) is 23.5 Å². The van der Waals surface area contributed by atoms with Gasteiger partial charge in [-0.15, -0.1) is 11.3 Å². The van der Waals surface area contributed by atoms with Crippen molar-refractivity contribution in [1.29, 1.82) is 0 Å². The maximum atomic E-state index is 13.7. The topological polar surface area (TPSA) is 93.5 Å². The molecule has 0 atom stereocenters. The van der Waals surface area contributed by atoms with Crippen molar-refractivity contribution in [2.75, 3.05) is 10.6 Å². The van der Waals surface area contributed by atoms with Gasteiger partial charge in [0.2, 0.25) is 5.91 Å². The Morgan fingerprint density at radius 3 is 2.60 bits per heavy atom. The van der Waals surface area contributed by atoms with Gasteiger partial charge < -0.3 is 14.5 Å². The minimum absolute atomic E-state index is 0.0153. The number of thiazole rings is 1. The number of nitrogens with one attached hydrogen (secondary N) is 2. The number of aryl methyl sites for hydroxylation is 1. The number of benzene rings is 1. The zero-order chi connectivity index (χ0) is 21.9. The summed E-state index contributed by atoms with van der Waals surface area (Å²) in [5.41, 5.74) is 0.217. The Bertz CT molecular complexity index is 1070. The van der Waals surface area contributed by atoms with Crippen LogP contribution in [0.5, 0.6) is 0 Å². The van der Waals surface area contributed by atoms with Gasteiger partial charge in [-0.3, -0.25) is 10.1 Å². The zero-order valence-electron chi connectivity index (χ0n) is 17.0. The van der Waals surface area contributed by atoms with Gasteiger partial charge in [0.15, 0.2) is 10.8 Å². The summed E-state index contributed by atoms with van der Waals surface area (Å²) in [5, 5.41) is 7.57. The molecule has 1 aromatic carbocycles. The predicted octanol–water partition coefficient (Wildman–Crippen LogP) is 5.38. The molecule has 0 fully saturated rings. The van der Waals surface area contributed by atoms with Crippen molar-refractivity contribution in [2.24, 2.45) is 0 Å². The second-order valence-electron chi connectivity index (χ2n) is 7.60. The van der Waals surface area contributed by atoms with Crippen molar-refractivity contribution in [2.45, 2.75) is 39.7 Å². The first-order valence-electron chi connectivity index (χ1n) is 9.20. The summed E-state index contributed by atoms with van der Waals surface area (Å²) in [4.78, 5) is 28.9. The third kappa shape index (κ3) is 5.90. The molecule has 3 rings (SSSR count). The molecule has 0 saturated heterocycles. The second kappa shape index (κ2) is 8.66. The number of hydrogen-bond donors (Lipinski definition) is 2. The predicted molar refractivity (Wildman–Crippen MR) is 113 cm³/mol. The number of halogens is 1. The third-order valence-corrected chi connectivity index (χ3v) is 4.64. The average Bonchev–Trinajstić information content (AvgIpc) is 3.24. The highest BCUT2D eigenvalue weighted by Crippen LogP contribution is 2.27. The van der Waals surface area contributed by atoms with E-state index in [4.69, 9.17) is 9.15 Å². The van der Waals surface area contributed by atoms with Gasteiger partial charge in [-0.1, -0.05) is 0 Å². The van der Waals surface area contributed by atoms with Gasteiger partial charge in [0.25, 0.3) is 0 Å². The number of anilines is 2. The Morgan fingerprint density at radius 2 is 1.93 bits per heavy atom. The molecule has 0 radical (unpaired) electrons. The minimum atomic E-state index is -0.706. The van der Waals surface area contributed by atoms with Crippen LogP contribution in [0.25, 0.3) is 10.8 Å². The summed E-state index contributed by atoms with van der Waals surface area (Å²) in [6.07, 6.45) is -0.721. The first-order chi connectivity index (χ1) is 14.1. The van der Waals surface area contributed by atoms with Crippen LogP contribution in [-0.2, 0) is 16.0 Å². The van der Waals surface area contributed by atoms with Gasteiger partial charge in [0.1, 0.15) is 17.2 Å². The Balaban J connectivity index is 1.68. The number of hydrogen-bond acceptors (Lipinski definition) is 6. The van der Waals surface area contributed by atoms with E-state index in [-0.39, 0.29) is 17.8 Å². The average molecular weight is 431 g/mol. The third-order valence-electron chi connectivity index (χ3n) is 3.74. The summed E-state index contributed by atoms with van der Waals surface area (Å²) in [6.45, 7) is 7.03. The van der Waals surface area contributed by atoms with Crippen LogP contribution in [0.2, 0.25) is 0 Å². The molecule has 2 amide bonds. The molecule has 2 heterocycles. The fourth-order valence-electron chi connectivity index (χ4n) is 2.55. The Kier molecular flexibility index (Phi) is 6.21. The van der Waals surface area contributed by atoms with Crippen LogP contribution in [0, 0.1) is 12.7 Å². The quantitative estimate of drug-likeness (QED) is 0.566. The van der Waals surface area contributed by atoms with Crippen molar-refractivity contribution in [1.82, 2.24) is 4.98 Å². The molecule has 158 valence electrons. The van der Waals surface area contributed by atoms with Crippen LogP contribution in [-0.4, -0.2) is 22.6 Å². The lowest BCUT2D eigenvalue weighted by atomic mass is 10.2. The SMILES string of the molecule is Cc1ccc(-c2nc(CC(=O)Nc3cc(F)ccc3NC(=O)OC(C)(C)C)cs2)o1. The fourth-order valence-corrected chi connectivity index (χ4v) is 3.33. The van der Waals surface area contributed by atoms with Gasteiger partial charge in [0.05, 0.1) is 23.5 Å². The molecule has 0 aliphatic rings. The van der Waals surface area contributed by atoms with E-state index in [2.05, 4.69) is 15.6 Å². The lowest BCUT2D eigenvalue weighted by molar-refractivity contribution is -0.115. The second-order valence-corrected chi connectivity index (χ2v) is 8.45. The maximum Gasteiger partial charge on any atom is 0.412 e. The van der Waals surface area contributed by atoms with E-state index in [0.717, 1.165) is 11.8 Å². The van der Waals surface area contributed by atoms with E-state index in [1.807, 2.05) is 19.1 Å². The number of ether oxygens (including phenoxy) is 1. The van der Waals surface area contributed by atoms with E-state index in [9.17, 15) is 14.0 Å². The summed E-state index contributed by atoms with van der Waals surface area (Å²) < 4.78 is 24.4. The summed E-state index contributed by atoms with van der Waals surface area (Å²) >= 11 is 1.37. The first-order valence-corrected chi connectivity index (χ1v) is 10.1. The molecule has 3 aromatic rings. The van der Waals surface area contributed by atoms with Crippen LogP contribution in [0.3, 0.4) is 0 Å². The molecule has 2 N–H and O–H groups in total. The Morgan fingerprint density at radius 1 is 1.17 bits per heavy atom. The highest BCUT2D eigenvalue weighted by atomic mass is 32.1. The summed E-state index contributed by atoms with van der Waals surface area (Å²) in [6, 6.07) is 7.32. The molecule has 7 nitrogen and oxygen atoms in total. The highest BCUT2D eigenvalue weighted by molar-refractivity contribution is 7.13. The standard InChI is InChI=1S/C21H22FN3O4S/c1-12-5-8-17(28-12)19-23-14(11-30-19)10-18(26)24-16-9-13(22)6-7-15(16)25-20(27)29-21(2,3)4/h5-9,11H,10H2,1-4H3,(H,24,26)(H,25,27). The van der Waals surface area contributed by atoms with Gasteiger partial charge in [-0.05, 0) is 58.0 Å². The summed E-state index contributed by atoms with van der Waals surface area (Å²) in [7, 11) is 0. The molecule has 2 aromatic heterocycles. The van der Waals surface area contributed by atoms with Gasteiger partial charge in [0, 0.05) is 5.38 Å². The van der Waals surface area contributed by atoms with Crippen molar-refractivity contribution in [3.05, 3.63) is 53.0 Å². The molecule has 0 aliphatic heterocycles. The number of aromatic nitrogens is 1. The Hall–Kier alpha value is -3.20. The molecule has 0 bridgehead atoms. The smallest absolute Gasteiger partial charge is 0.412 e. The van der Waals surface area contributed by atoms with Crippen molar-refractivity contribution in [3.8, 4) is 10.8 Å². The molecule has 0 aliphatic carbocycles. The molecule has 30 heavy (non-hydrogen) atoms. The number of carbonyl (C=O) groups is 2. The van der Waals surface area contributed by atoms with Crippen molar-refractivity contribution >= 4 is 34.7 Å². The minimum Gasteiger partial charge on any atom is -0.459 e. The number of amides is 2. The molecular formula is C21H22FN3O4S. The van der Waals surface area contributed by atoms with Crippen LogP contribution in [0.1, 0.15) is 32.2 Å². The molecule has 0 saturated carbocycles. The van der Waals surface area contributed by atoms with E-state index >= 15 is 0 Å². The van der Waals surface area contributed by atoms with Crippen molar-refractivity contribution in [3.63, 3.8) is 0 Å². The zero-order valence-corrected chi connectivity index (χ0v) is 17.9. The van der Waals surface area contributed by atoms with E-state index < -0.39 is 23.4 Å². The van der Waals surface area contributed by atoms with Crippen LogP contribution >= 0.6 is 11.3 Å². The lowest BCUT2D eigenvalue weighted by Gasteiger charge is -2.20. The molecule has 0 unspecified atom stereocenters. The van der Waals surface area contributed by atoms with Crippen LogP contribution in [0.15, 0.2) is 40.1 Å². The molecule has 0 spiro atoms. The largest absolute Gasteiger partial charge is 0.459 e. The van der Waals surface area contributed by atoms with E-state index in [0.29, 0.717) is 16.5 Å². The van der Waals surface area contributed by atoms with Gasteiger partial charge in [-0.25, -0.2) is 14.2 Å². The summed E-state index contributed by atoms with van der Waals surface area (Å²) in [5.74, 6) is 0.457. The van der Waals surface area contributed by atoms with E-state index in [1.54, 1.807) is 26.2 Å². The van der Waals surface area contributed by atoms with Gasteiger partial charge >= 0.3 is 6.09 Å². The molecular weight excluding hydrogens is 409 g/mol. The van der Waals surface area contributed by atoms with Crippen LogP contribution < -0.4 is 10.6 Å². The monoisotopic (exact) mass is 431 g/mol. The van der Waals surface area contributed by atoms with Gasteiger partial charge in [-0.2, -0.15) is 0 Å². The fraction of sp³-hybridized carbons (Fsp3) is 0.286. The lowest BCUT2D eigenvalue weighted by Crippen LogP contribution is -2.27. The number of furan rings is 1. The highest BCUT2D eigenvalue weighted by Gasteiger charge is 2.18. The normalized spacial score (nSPS) is 11.2. The molecule has 9 heteroatoms. The number of nitrogens with zero attached hydrogens (tertiary/aromatic N) is 1. The Labute approximate surface area is 177 Å². The number of carbonyl (C=O) groups excluding carboxylic acids is 2. The first kappa shape index (κ1) is 21.5. The maximum absolute atomic E-state index is 13.7.